The highest BCUT2D eigenvalue weighted by Gasteiger charge is 2.37. The smallest absolute Gasteiger partial charge is 0.262 e. The van der Waals surface area contributed by atoms with E-state index in [9.17, 15) is 9.59 Å². The standard InChI is InChI=1S/C36H33Cl2N5O2/c37-33-27(23-9-7-22(8-10-23)18-36(39)14-15-36)3-1-5-29(33)30-6-2-4-28(34(30)38)24-13-16-43-31(17-24)41-20-25(35(43)45)19-40-21-26-11-12-32(44)42-26/h1-10,13,16-17,20,26,40H,11-12,14-15,18-19,21,39H2,(H,42,44)/t26-/m1/s1. The Morgan fingerprint density at radius 1 is 0.911 bits per heavy atom. The zero-order valence-corrected chi connectivity index (χ0v) is 26.2. The zero-order valence-electron chi connectivity index (χ0n) is 24.7. The van der Waals surface area contributed by atoms with Crippen molar-refractivity contribution in [3.05, 3.63) is 117 Å². The van der Waals surface area contributed by atoms with Gasteiger partial charge in [-0.2, -0.15) is 0 Å². The number of halogens is 2. The molecule has 5 aromatic rings. The summed E-state index contributed by atoms with van der Waals surface area (Å²) in [5.41, 5.74) is 13.7. The molecule has 4 N–H and O–H groups in total. The molecule has 0 bridgehead atoms. The lowest BCUT2D eigenvalue weighted by molar-refractivity contribution is -0.119. The first-order valence-corrected chi connectivity index (χ1v) is 16.0. The molecule has 2 fully saturated rings. The number of pyridine rings is 1. The van der Waals surface area contributed by atoms with Gasteiger partial charge in [0, 0.05) is 71.3 Å². The number of aromatic nitrogens is 2. The molecular weight excluding hydrogens is 605 g/mol. The summed E-state index contributed by atoms with van der Waals surface area (Å²) in [4.78, 5) is 29.2. The molecule has 0 unspecified atom stereocenters. The minimum absolute atomic E-state index is 0.0327. The molecule has 1 atom stereocenters. The number of carbonyl (C=O) groups excluding carboxylic acids is 1. The van der Waals surface area contributed by atoms with E-state index in [4.69, 9.17) is 28.9 Å². The molecule has 1 saturated carbocycles. The van der Waals surface area contributed by atoms with Gasteiger partial charge in [0.2, 0.25) is 5.91 Å². The van der Waals surface area contributed by atoms with Gasteiger partial charge in [-0.1, -0.05) is 83.9 Å². The van der Waals surface area contributed by atoms with Crippen LogP contribution in [0.2, 0.25) is 10.0 Å². The van der Waals surface area contributed by atoms with E-state index in [0.717, 1.165) is 59.1 Å². The highest BCUT2D eigenvalue weighted by molar-refractivity contribution is 6.39. The maximum atomic E-state index is 13.2. The second-order valence-corrected chi connectivity index (χ2v) is 13.0. The van der Waals surface area contributed by atoms with Gasteiger partial charge in [0.05, 0.1) is 10.0 Å². The van der Waals surface area contributed by atoms with E-state index in [1.54, 1.807) is 16.8 Å². The Balaban J connectivity index is 1.14. The van der Waals surface area contributed by atoms with E-state index in [0.29, 0.717) is 40.8 Å². The molecule has 7 nitrogen and oxygen atoms in total. The van der Waals surface area contributed by atoms with Crippen LogP contribution in [0.15, 0.2) is 90.0 Å². The van der Waals surface area contributed by atoms with E-state index < -0.39 is 0 Å². The average Bonchev–Trinajstić information content (AvgIpc) is 3.62. The predicted octanol–water partition coefficient (Wildman–Crippen LogP) is 6.40. The third-order valence-corrected chi connectivity index (χ3v) is 9.70. The summed E-state index contributed by atoms with van der Waals surface area (Å²) in [6, 6.07) is 24.2. The lowest BCUT2D eigenvalue weighted by Gasteiger charge is -2.15. The van der Waals surface area contributed by atoms with Crippen LogP contribution in [0.4, 0.5) is 0 Å². The van der Waals surface area contributed by atoms with Crippen molar-refractivity contribution >= 4 is 34.8 Å². The molecule has 45 heavy (non-hydrogen) atoms. The number of benzene rings is 3. The Bertz CT molecular complexity index is 1990. The maximum Gasteiger partial charge on any atom is 0.262 e. The summed E-state index contributed by atoms with van der Waals surface area (Å²) >= 11 is 14.1. The summed E-state index contributed by atoms with van der Waals surface area (Å²) in [5.74, 6) is 0.0721. The molecule has 9 heteroatoms. The lowest BCUT2D eigenvalue weighted by Crippen LogP contribution is -2.36. The molecule has 2 aromatic heterocycles. The van der Waals surface area contributed by atoms with Crippen molar-refractivity contribution in [1.82, 2.24) is 20.0 Å². The number of nitrogens with zero attached hydrogens (tertiary/aromatic N) is 2. The van der Waals surface area contributed by atoms with Crippen molar-refractivity contribution < 1.29 is 4.79 Å². The van der Waals surface area contributed by atoms with Crippen LogP contribution in [0.5, 0.6) is 0 Å². The van der Waals surface area contributed by atoms with Crippen LogP contribution in [0, 0.1) is 0 Å². The Hall–Kier alpha value is -4.01. The van der Waals surface area contributed by atoms with E-state index in [1.807, 2.05) is 48.5 Å². The van der Waals surface area contributed by atoms with Crippen LogP contribution in [0.25, 0.3) is 39.0 Å². The van der Waals surface area contributed by atoms with Crippen molar-refractivity contribution in [2.75, 3.05) is 6.54 Å². The van der Waals surface area contributed by atoms with Crippen LogP contribution in [0.3, 0.4) is 0 Å². The molecule has 7 rings (SSSR count). The third kappa shape index (κ3) is 6.14. The van der Waals surface area contributed by atoms with Crippen molar-refractivity contribution in [3.8, 4) is 33.4 Å². The largest absolute Gasteiger partial charge is 0.352 e. The normalized spacial score (nSPS) is 17.0. The van der Waals surface area contributed by atoms with Crippen molar-refractivity contribution in [1.29, 1.82) is 0 Å². The molecule has 3 aromatic carbocycles. The van der Waals surface area contributed by atoms with E-state index >= 15 is 0 Å². The fraction of sp³-hybridized carbons (Fsp3) is 0.250. The number of hydrogen-bond donors (Lipinski definition) is 3. The lowest BCUT2D eigenvalue weighted by atomic mass is 9.95. The van der Waals surface area contributed by atoms with E-state index in [2.05, 4.69) is 39.9 Å². The molecule has 228 valence electrons. The first-order valence-electron chi connectivity index (χ1n) is 15.2. The van der Waals surface area contributed by atoms with Gasteiger partial charge in [-0.15, -0.1) is 0 Å². The third-order valence-electron chi connectivity index (χ3n) is 8.88. The molecule has 1 amide bonds. The Kier molecular flexibility index (Phi) is 7.96. The van der Waals surface area contributed by atoms with Crippen LogP contribution < -0.4 is 21.9 Å². The average molecular weight is 639 g/mol. The number of carbonyl (C=O) groups is 1. The number of nitrogens with one attached hydrogen (secondary N) is 2. The molecular formula is C36H33Cl2N5O2. The second kappa shape index (κ2) is 12.1. The summed E-state index contributed by atoms with van der Waals surface area (Å²) in [7, 11) is 0. The van der Waals surface area contributed by atoms with Crippen LogP contribution >= 0.6 is 23.2 Å². The van der Waals surface area contributed by atoms with Crippen LogP contribution in [-0.2, 0) is 17.8 Å². The van der Waals surface area contributed by atoms with Gasteiger partial charge in [-0.25, -0.2) is 4.98 Å². The molecule has 0 spiro atoms. The van der Waals surface area contributed by atoms with E-state index in [1.165, 1.54) is 5.56 Å². The Morgan fingerprint density at radius 3 is 2.22 bits per heavy atom. The van der Waals surface area contributed by atoms with Crippen molar-refractivity contribution in [3.63, 3.8) is 0 Å². The van der Waals surface area contributed by atoms with Gasteiger partial charge in [0.25, 0.3) is 5.56 Å². The Morgan fingerprint density at radius 2 is 1.58 bits per heavy atom. The predicted molar refractivity (Wildman–Crippen MR) is 181 cm³/mol. The van der Waals surface area contributed by atoms with Crippen molar-refractivity contribution in [2.24, 2.45) is 5.73 Å². The number of hydrogen-bond acceptors (Lipinski definition) is 5. The fourth-order valence-electron chi connectivity index (χ4n) is 6.09. The molecule has 1 aliphatic carbocycles. The van der Waals surface area contributed by atoms with Gasteiger partial charge in [0.15, 0.2) is 0 Å². The molecule has 2 aliphatic rings. The highest BCUT2D eigenvalue weighted by Crippen LogP contribution is 2.42. The van der Waals surface area contributed by atoms with Gasteiger partial charge in [0.1, 0.15) is 5.65 Å². The summed E-state index contributed by atoms with van der Waals surface area (Å²) in [5, 5.41) is 7.39. The van der Waals surface area contributed by atoms with Gasteiger partial charge in [-0.05, 0) is 54.5 Å². The quantitative estimate of drug-likeness (QED) is 0.173. The molecule has 1 aliphatic heterocycles. The van der Waals surface area contributed by atoms with Crippen molar-refractivity contribution in [2.45, 2.75) is 50.2 Å². The molecule has 3 heterocycles. The molecule has 1 saturated heterocycles. The summed E-state index contributed by atoms with van der Waals surface area (Å²) < 4.78 is 1.54. The SMILES string of the molecule is NC1(Cc2ccc(-c3cccc(-c4cccc(-c5ccn6c(=O)c(CNC[C@H]7CCC(=O)N7)cnc6c5)c4Cl)c3Cl)cc2)CC1. The van der Waals surface area contributed by atoms with Gasteiger partial charge < -0.3 is 16.4 Å². The second-order valence-electron chi connectivity index (χ2n) is 12.2. The number of nitrogens with two attached hydrogens (primary N) is 1. The number of amides is 1. The number of rotatable bonds is 9. The van der Waals surface area contributed by atoms with Crippen LogP contribution in [0.1, 0.15) is 36.8 Å². The van der Waals surface area contributed by atoms with Gasteiger partial charge >= 0.3 is 0 Å². The maximum absolute atomic E-state index is 13.2. The molecule has 0 radical (unpaired) electrons. The fourth-order valence-corrected chi connectivity index (χ4v) is 6.76. The minimum atomic E-state index is -0.138. The highest BCUT2D eigenvalue weighted by atomic mass is 35.5. The first-order chi connectivity index (χ1) is 21.8. The first kappa shape index (κ1) is 29.7. The van der Waals surface area contributed by atoms with Crippen LogP contribution in [-0.4, -0.2) is 33.4 Å². The van der Waals surface area contributed by atoms with Gasteiger partial charge in [-0.3, -0.25) is 14.0 Å². The minimum Gasteiger partial charge on any atom is -0.352 e. The number of fused-ring (bicyclic) bond motifs is 1. The summed E-state index contributed by atoms with van der Waals surface area (Å²) in [6.45, 7) is 0.978. The summed E-state index contributed by atoms with van der Waals surface area (Å²) in [6.07, 6.45) is 7.75. The topological polar surface area (TPSA) is 102 Å². The monoisotopic (exact) mass is 637 g/mol. The van der Waals surface area contributed by atoms with E-state index in [-0.39, 0.29) is 23.0 Å². The Labute approximate surface area is 271 Å². The zero-order chi connectivity index (χ0) is 31.1.